The van der Waals surface area contributed by atoms with Crippen LogP contribution in [0.2, 0.25) is 0 Å². The number of hydrazone groups is 1. The van der Waals surface area contributed by atoms with Crippen LogP contribution >= 0.6 is 11.3 Å². The van der Waals surface area contributed by atoms with Crippen LogP contribution in [-0.4, -0.2) is 132 Å². The third kappa shape index (κ3) is 13.6. The van der Waals surface area contributed by atoms with Gasteiger partial charge in [0.05, 0.1) is 60.4 Å². The molecule has 396 valence electrons. The standard InChI is InChI=1S/C53H68FN11O8S/c1-33-46(74-32-58-33)35-12-10-34(11-13-35)42(59-49(67)43-9-6-21-65(43)50(68)47(52(2,3)4)60-51(69)53(54)18-19-53)31-44(66)57-20-25-70-27-28-71-26-24-64-22-16-38(17-23-64)72-39-8-5-7-36(29-39)45-40-30-37(48(55)61-63-56)14-15-41(40)62-73-45/h5,7-8,10-15,29-30,32,38,42-43,47,63H,6,9,16-28,31,56H2,1-4H3,(H2,55,61)(H,57,66)(H,59,67)(H,60,69). The van der Waals surface area contributed by atoms with E-state index in [2.05, 4.69) is 41.6 Å². The third-order valence-electron chi connectivity index (χ3n) is 13.7. The van der Waals surface area contributed by atoms with Crippen molar-refractivity contribution in [1.82, 2.24) is 41.4 Å². The van der Waals surface area contributed by atoms with Crippen molar-refractivity contribution in [3.63, 3.8) is 0 Å². The van der Waals surface area contributed by atoms with Crippen LogP contribution < -0.4 is 37.8 Å². The summed E-state index contributed by atoms with van der Waals surface area (Å²) in [5.74, 6) is 4.98. The van der Waals surface area contributed by atoms with Gasteiger partial charge in [0.15, 0.2) is 17.3 Å². The minimum atomic E-state index is -1.95. The second kappa shape index (κ2) is 24.2. The van der Waals surface area contributed by atoms with Gasteiger partial charge in [0, 0.05) is 43.9 Å². The average Bonchev–Trinajstić information content (AvgIpc) is 3.71. The van der Waals surface area contributed by atoms with Crippen molar-refractivity contribution in [2.75, 3.05) is 59.2 Å². The van der Waals surface area contributed by atoms with Gasteiger partial charge in [-0.15, -0.1) is 16.4 Å². The van der Waals surface area contributed by atoms with E-state index in [1.54, 1.807) is 32.3 Å². The van der Waals surface area contributed by atoms with E-state index in [-0.39, 0.29) is 50.3 Å². The Bertz CT molecular complexity index is 2770. The van der Waals surface area contributed by atoms with Crippen molar-refractivity contribution >= 4 is 51.7 Å². The number of ether oxygens (including phenoxy) is 3. The number of thiazole rings is 1. The van der Waals surface area contributed by atoms with Gasteiger partial charge < -0.3 is 50.2 Å². The van der Waals surface area contributed by atoms with E-state index >= 15 is 0 Å². The lowest BCUT2D eigenvalue weighted by Crippen LogP contribution is -2.59. The summed E-state index contributed by atoms with van der Waals surface area (Å²) in [6.07, 6.45) is 2.98. The Morgan fingerprint density at radius 3 is 2.41 bits per heavy atom. The molecule has 0 radical (unpaired) electrons. The fourth-order valence-electron chi connectivity index (χ4n) is 9.31. The first-order valence-corrected chi connectivity index (χ1v) is 26.2. The van der Waals surface area contributed by atoms with Gasteiger partial charge in [-0.05, 0) is 92.3 Å². The van der Waals surface area contributed by atoms with Gasteiger partial charge in [0.25, 0.3) is 5.91 Å². The number of amides is 4. The number of fused-ring (bicyclic) bond motifs is 1. The number of carbonyl (C=O) groups excluding carboxylic acids is 4. The highest BCUT2D eigenvalue weighted by Crippen LogP contribution is 2.41. The average molecular weight is 1040 g/mol. The predicted molar refractivity (Wildman–Crippen MR) is 279 cm³/mol. The first-order chi connectivity index (χ1) is 35.6. The first kappa shape index (κ1) is 53.8. The number of alkyl halides is 1. The molecular formula is C53H68FN11O8S. The van der Waals surface area contributed by atoms with Crippen molar-refractivity contribution in [2.45, 2.75) is 103 Å². The Morgan fingerprint density at radius 1 is 0.946 bits per heavy atom. The molecule has 8 rings (SSSR count). The third-order valence-corrected chi connectivity index (χ3v) is 14.7. The molecule has 8 N–H and O–H groups in total. The Kier molecular flexibility index (Phi) is 17.6. The fraction of sp³-hybridized carbons (Fsp3) is 0.491. The highest BCUT2D eigenvalue weighted by molar-refractivity contribution is 7.13. The maximum Gasteiger partial charge on any atom is 0.258 e. The Balaban J connectivity index is 0.753. The number of nitrogens with one attached hydrogen (secondary N) is 4. The number of halogens is 1. The van der Waals surface area contributed by atoms with Crippen molar-refractivity contribution in [1.29, 1.82) is 0 Å². The number of benzene rings is 3. The highest BCUT2D eigenvalue weighted by atomic mass is 32.1. The van der Waals surface area contributed by atoms with Crippen LogP contribution in [0.4, 0.5) is 4.39 Å². The van der Waals surface area contributed by atoms with E-state index < -0.39 is 46.9 Å². The number of nitrogens with two attached hydrogens (primary N) is 2. The molecule has 5 aromatic rings. The van der Waals surface area contributed by atoms with Gasteiger partial charge in [0.1, 0.15) is 29.5 Å². The van der Waals surface area contributed by atoms with Crippen LogP contribution in [0.5, 0.6) is 5.75 Å². The fourth-order valence-corrected chi connectivity index (χ4v) is 10.1. The largest absolute Gasteiger partial charge is 0.490 e. The van der Waals surface area contributed by atoms with Crippen LogP contribution in [0, 0.1) is 12.3 Å². The number of rotatable bonds is 23. The van der Waals surface area contributed by atoms with Gasteiger partial charge in [-0.25, -0.2) is 20.8 Å². The van der Waals surface area contributed by atoms with Crippen LogP contribution in [0.25, 0.3) is 32.7 Å². The molecule has 74 heavy (non-hydrogen) atoms. The molecule has 4 heterocycles. The SMILES string of the molecule is Cc1ncsc1-c1ccc(C(CC(=O)NCCOCCOCCN2CCC(Oc3cccc(-c4onc5ccc(/C(N)=N/NN)cc45)c3)CC2)NC(=O)C2CCCN2C(=O)C(NC(=O)C2(F)CC2)C(C)(C)C)cc1. The topological polar surface area (TPSA) is 254 Å². The molecule has 1 aliphatic carbocycles. The summed E-state index contributed by atoms with van der Waals surface area (Å²) in [4.78, 5) is 63.6. The lowest BCUT2D eigenvalue weighted by atomic mass is 9.85. The van der Waals surface area contributed by atoms with Gasteiger partial charge in [-0.1, -0.05) is 62.3 Å². The number of carbonyl (C=O) groups is 4. The molecule has 3 atom stereocenters. The van der Waals surface area contributed by atoms with E-state index in [4.69, 9.17) is 30.3 Å². The number of hydrogen-bond donors (Lipinski definition) is 6. The van der Waals surface area contributed by atoms with Crippen molar-refractivity contribution < 1.29 is 42.3 Å². The molecule has 4 amide bonds. The molecule has 3 fully saturated rings. The summed E-state index contributed by atoms with van der Waals surface area (Å²) in [5, 5.41) is 17.5. The molecule has 2 saturated heterocycles. The zero-order chi connectivity index (χ0) is 52.4. The number of hydrazine groups is 1. The molecular weight excluding hydrogens is 970 g/mol. The van der Waals surface area contributed by atoms with E-state index in [1.165, 1.54) is 16.2 Å². The van der Waals surface area contributed by atoms with Crippen molar-refractivity contribution in [3.8, 4) is 27.5 Å². The quantitative estimate of drug-likeness (QED) is 0.0160. The molecule has 2 aliphatic heterocycles. The van der Waals surface area contributed by atoms with Gasteiger partial charge >= 0.3 is 0 Å². The van der Waals surface area contributed by atoms with Crippen molar-refractivity contribution in [3.05, 3.63) is 89.1 Å². The summed E-state index contributed by atoms with van der Waals surface area (Å²) >= 11 is 1.53. The molecule has 19 nitrogen and oxygen atoms in total. The van der Waals surface area contributed by atoms with Crippen LogP contribution in [-0.2, 0) is 28.7 Å². The number of piperidine rings is 1. The Labute approximate surface area is 434 Å². The van der Waals surface area contributed by atoms with Gasteiger partial charge in [-0.3, -0.25) is 19.2 Å². The van der Waals surface area contributed by atoms with Crippen LogP contribution in [0.15, 0.2) is 81.9 Å². The van der Waals surface area contributed by atoms with E-state index in [1.807, 2.05) is 67.6 Å². The molecule has 3 aliphatic rings. The number of amidine groups is 1. The summed E-state index contributed by atoms with van der Waals surface area (Å²) in [6.45, 7) is 12.0. The summed E-state index contributed by atoms with van der Waals surface area (Å²) in [6, 6.07) is 18.4. The zero-order valence-corrected chi connectivity index (χ0v) is 43.3. The smallest absolute Gasteiger partial charge is 0.258 e. The molecule has 3 aromatic carbocycles. The van der Waals surface area contributed by atoms with E-state index in [9.17, 15) is 23.6 Å². The normalized spacial score (nSPS) is 17.9. The van der Waals surface area contributed by atoms with Crippen LogP contribution in [0.1, 0.15) is 88.6 Å². The maximum atomic E-state index is 14.7. The first-order valence-electron chi connectivity index (χ1n) is 25.3. The predicted octanol–water partition coefficient (Wildman–Crippen LogP) is 5.27. The lowest BCUT2D eigenvalue weighted by Gasteiger charge is -2.36. The van der Waals surface area contributed by atoms with E-state index in [0.717, 1.165) is 65.3 Å². The summed E-state index contributed by atoms with van der Waals surface area (Å²) in [5.41, 5.74) is 12.1. The van der Waals surface area contributed by atoms with Gasteiger partial charge in [-0.2, -0.15) is 0 Å². The van der Waals surface area contributed by atoms with Crippen LogP contribution in [0.3, 0.4) is 0 Å². The number of likely N-dealkylation sites (tertiary alicyclic amines) is 2. The summed E-state index contributed by atoms with van der Waals surface area (Å²) in [7, 11) is 0. The van der Waals surface area contributed by atoms with E-state index in [0.29, 0.717) is 61.6 Å². The molecule has 0 spiro atoms. The minimum Gasteiger partial charge on any atom is -0.490 e. The number of aromatic nitrogens is 2. The second-order valence-corrected chi connectivity index (χ2v) is 21.1. The number of nitrogens with zero attached hydrogens (tertiary/aromatic N) is 5. The Hall–Kier alpha value is -6.52. The monoisotopic (exact) mass is 1040 g/mol. The minimum absolute atomic E-state index is 0.0610. The highest BCUT2D eigenvalue weighted by Gasteiger charge is 2.53. The van der Waals surface area contributed by atoms with Crippen molar-refractivity contribution in [2.24, 2.45) is 22.1 Å². The molecule has 1 saturated carbocycles. The summed E-state index contributed by atoms with van der Waals surface area (Å²) < 4.78 is 38.5. The molecule has 2 aromatic heterocycles. The molecule has 0 bridgehead atoms. The van der Waals surface area contributed by atoms with Gasteiger partial charge in [0.2, 0.25) is 17.7 Å². The second-order valence-electron chi connectivity index (χ2n) is 20.2. The Morgan fingerprint density at radius 2 is 1.70 bits per heavy atom. The zero-order valence-electron chi connectivity index (χ0n) is 42.5. The molecule has 3 unspecified atom stereocenters. The maximum absolute atomic E-state index is 14.7. The number of aryl methyl sites for hydroxylation is 1. The molecule has 21 heteroatoms. The number of hydrogen-bond acceptors (Lipinski definition) is 15. The lowest BCUT2D eigenvalue weighted by molar-refractivity contribution is -0.145.